The molecule has 0 bridgehead atoms. The molecule has 0 aromatic carbocycles. The molecular weight excluding hydrogens is 344 g/mol. The summed E-state index contributed by atoms with van der Waals surface area (Å²) in [6.07, 6.45) is 2.39. The van der Waals surface area contributed by atoms with Gasteiger partial charge < -0.3 is 14.7 Å². The fraction of sp³-hybridized carbons (Fsp3) is 0.824. The van der Waals surface area contributed by atoms with Gasteiger partial charge in [-0.25, -0.2) is 8.78 Å². The van der Waals surface area contributed by atoms with Gasteiger partial charge in [-0.05, 0) is 32.4 Å². The number of piperidine rings is 1. The Kier molecular flexibility index (Phi) is 4.68. The second-order valence-electron chi connectivity index (χ2n) is 7.70. The molecule has 0 radical (unpaired) electrons. The van der Waals surface area contributed by atoms with Gasteiger partial charge in [0.2, 0.25) is 11.8 Å². The molecule has 1 aromatic rings. The van der Waals surface area contributed by atoms with Crippen LogP contribution in [0.5, 0.6) is 0 Å². The van der Waals surface area contributed by atoms with Crippen LogP contribution in [-0.4, -0.2) is 76.6 Å². The third-order valence-corrected chi connectivity index (χ3v) is 5.84. The van der Waals surface area contributed by atoms with E-state index in [4.69, 9.17) is 4.52 Å². The number of aryl methyl sites for hydroxylation is 1. The second-order valence-corrected chi connectivity index (χ2v) is 7.70. The van der Waals surface area contributed by atoms with E-state index in [1.54, 1.807) is 6.92 Å². The number of amides is 1. The molecule has 4 heterocycles. The summed E-state index contributed by atoms with van der Waals surface area (Å²) in [4.78, 5) is 20.5. The molecule has 0 spiro atoms. The lowest BCUT2D eigenvalue weighted by Gasteiger charge is -2.34. The summed E-state index contributed by atoms with van der Waals surface area (Å²) in [6.45, 7) is 4.09. The van der Waals surface area contributed by atoms with Crippen molar-refractivity contribution in [1.29, 1.82) is 0 Å². The van der Waals surface area contributed by atoms with Crippen molar-refractivity contribution in [2.24, 2.45) is 0 Å². The number of likely N-dealkylation sites (tertiary alicyclic amines) is 2. The van der Waals surface area contributed by atoms with E-state index in [9.17, 15) is 13.6 Å². The van der Waals surface area contributed by atoms with E-state index < -0.39 is 12.5 Å². The second kappa shape index (κ2) is 6.84. The first kappa shape index (κ1) is 17.8. The standard InChI is InChI=1S/C17H25F2N5O2/c1-11-21-15(22-26-11)12-2-5-23(6-3-12)13-8-14(20-9-13)16(25)24-7-4-17(18,19)10-24/h12-14,20H,2-10H2,1H3/t13-,14-/m0/s1. The van der Waals surface area contributed by atoms with Gasteiger partial charge in [0.15, 0.2) is 5.82 Å². The number of nitrogens with one attached hydrogen (secondary N) is 1. The zero-order valence-electron chi connectivity index (χ0n) is 15.0. The minimum Gasteiger partial charge on any atom is -0.340 e. The Balaban J connectivity index is 1.27. The SMILES string of the molecule is Cc1nc(C2CCN([C@@H]3CN[C@H](C(=O)N4CCC(F)(F)C4)C3)CC2)no1. The van der Waals surface area contributed by atoms with Gasteiger partial charge in [-0.2, -0.15) is 4.98 Å². The maximum absolute atomic E-state index is 13.3. The molecule has 3 fully saturated rings. The van der Waals surface area contributed by atoms with E-state index in [1.807, 2.05) is 0 Å². The summed E-state index contributed by atoms with van der Waals surface area (Å²) in [5.41, 5.74) is 0. The molecule has 144 valence electrons. The zero-order chi connectivity index (χ0) is 18.3. The molecule has 1 N–H and O–H groups in total. The molecule has 7 nitrogen and oxygen atoms in total. The molecule has 2 atom stereocenters. The van der Waals surface area contributed by atoms with E-state index in [0.29, 0.717) is 18.2 Å². The largest absolute Gasteiger partial charge is 0.340 e. The number of halogens is 2. The number of hydrogen-bond acceptors (Lipinski definition) is 6. The van der Waals surface area contributed by atoms with Crippen molar-refractivity contribution in [2.75, 3.05) is 32.7 Å². The van der Waals surface area contributed by atoms with Gasteiger partial charge in [0, 0.05) is 38.4 Å². The fourth-order valence-corrected chi connectivity index (χ4v) is 4.33. The number of rotatable bonds is 3. The average Bonchev–Trinajstić information content (AvgIpc) is 3.34. The third-order valence-electron chi connectivity index (χ3n) is 5.84. The Bertz CT molecular complexity index is 659. The number of nitrogens with zero attached hydrogens (tertiary/aromatic N) is 4. The number of carbonyl (C=O) groups is 1. The average molecular weight is 369 g/mol. The van der Waals surface area contributed by atoms with Crippen LogP contribution in [0.1, 0.15) is 43.3 Å². The van der Waals surface area contributed by atoms with E-state index in [-0.39, 0.29) is 31.0 Å². The number of hydrogen-bond donors (Lipinski definition) is 1. The van der Waals surface area contributed by atoms with Gasteiger partial charge in [0.1, 0.15) is 0 Å². The number of aromatic nitrogens is 2. The minimum atomic E-state index is -2.73. The summed E-state index contributed by atoms with van der Waals surface area (Å²) >= 11 is 0. The van der Waals surface area contributed by atoms with E-state index in [1.165, 1.54) is 4.90 Å². The van der Waals surface area contributed by atoms with Crippen LogP contribution in [0.15, 0.2) is 4.52 Å². The molecule has 0 saturated carbocycles. The molecule has 3 aliphatic heterocycles. The highest BCUT2D eigenvalue weighted by molar-refractivity contribution is 5.82. The van der Waals surface area contributed by atoms with Crippen molar-refractivity contribution in [1.82, 2.24) is 25.3 Å². The molecule has 0 unspecified atom stereocenters. The van der Waals surface area contributed by atoms with Crippen molar-refractivity contribution < 1.29 is 18.1 Å². The van der Waals surface area contributed by atoms with Gasteiger partial charge in [0.25, 0.3) is 5.92 Å². The van der Waals surface area contributed by atoms with Crippen LogP contribution in [-0.2, 0) is 4.79 Å². The summed E-state index contributed by atoms with van der Waals surface area (Å²) < 4.78 is 31.8. The molecule has 1 aromatic heterocycles. The summed E-state index contributed by atoms with van der Waals surface area (Å²) in [5.74, 6) is -1.21. The van der Waals surface area contributed by atoms with Crippen molar-refractivity contribution in [3.63, 3.8) is 0 Å². The van der Waals surface area contributed by atoms with Gasteiger partial charge in [-0.1, -0.05) is 5.16 Å². The zero-order valence-corrected chi connectivity index (χ0v) is 15.0. The molecule has 0 aliphatic carbocycles. The monoisotopic (exact) mass is 369 g/mol. The van der Waals surface area contributed by atoms with Crippen LogP contribution in [0.4, 0.5) is 8.78 Å². The van der Waals surface area contributed by atoms with Crippen molar-refractivity contribution in [3.05, 3.63) is 11.7 Å². The Morgan fingerprint density at radius 1 is 1.31 bits per heavy atom. The molecular formula is C17H25F2N5O2. The molecule has 26 heavy (non-hydrogen) atoms. The Hall–Kier alpha value is -1.61. The molecule has 3 saturated heterocycles. The number of alkyl halides is 2. The molecule has 3 aliphatic rings. The molecule has 4 rings (SSSR count). The Morgan fingerprint density at radius 3 is 2.69 bits per heavy atom. The molecule has 9 heteroatoms. The Morgan fingerprint density at radius 2 is 2.08 bits per heavy atom. The highest BCUT2D eigenvalue weighted by Gasteiger charge is 2.44. The fourth-order valence-electron chi connectivity index (χ4n) is 4.33. The lowest BCUT2D eigenvalue weighted by atomic mass is 9.94. The normalized spacial score (nSPS) is 30.2. The lowest BCUT2D eigenvalue weighted by molar-refractivity contribution is -0.133. The highest BCUT2D eigenvalue weighted by Crippen LogP contribution is 2.30. The first-order chi connectivity index (χ1) is 12.4. The summed E-state index contributed by atoms with van der Waals surface area (Å²) in [5, 5.41) is 7.26. The first-order valence-electron chi connectivity index (χ1n) is 9.35. The first-order valence-corrected chi connectivity index (χ1v) is 9.35. The van der Waals surface area contributed by atoms with E-state index in [0.717, 1.165) is 38.3 Å². The summed E-state index contributed by atoms with van der Waals surface area (Å²) in [6, 6.07) is -0.0634. The summed E-state index contributed by atoms with van der Waals surface area (Å²) in [7, 11) is 0. The van der Waals surface area contributed by atoms with Gasteiger partial charge >= 0.3 is 0 Å². The maximum Gasteiger partial charge on any atom is 0.267 e. The highest BCUT2D eigenvalue weighted by atomic mass is 19.3. The number of carbonyl (C=O) groups excluding carboxylic acids is 1. The topological polar surface area (TPSA) is 74.5 Å². The van der Waals surface area contributed by atoms with Crippen LogP contribution in [0, 0.1) is 6.92 Å². The van der Waals surface area contributed by atoms with Gasteiger partial charge in [0.05, 0.1) is 12.6 Å². The Labute approximate surface area is 151 Å². The lowest BCUT2D eigenvalue weighted by Crippen LogP contribution is -2.43. The van der Waals surface area contributed by atoms with Crippen LogP contribution in [0.2, 0.25) is 0 Å². The minimum absolute atomic E-state index is 0.157. The van der Waals surface area contributed by atoms with Crippen molar-refractivity contribution in [2.45, 2.75) is 56.5 Å². The third kappa shape index (κ3) is 3.59. The van der Waals surface area contributed by atoms with Crippen molar-refractivity contribution >= 4 is 5.91 Å². The maximum atomic E-state index is 13.3. The van der Waals surface area contributed by atoms with Gasteiger partial charge in [-0.15, -0.1) is 0 Å². The van der Waals surface area contributed by atoms with Crippen molar-refractivity contribution in [3.8, 4) is 0 Å². The predicted molar refractivity (Wildman–Crippen MR) is 88.9 cm³/mol. The smallest absolute Gasteiger partial charge is 0.267 e. The molecule has 1 amide bonds. The quantitative estimate of drug-likeness (QED) is 0.862. The van der Waals surface area contributed by atoms with Gasteiger partial charge in [-0.3, -0.25) is 9.69 Å². The predicted octanol–water partition coefficient (Wildman–Crippen LogP) is 1.16. The van der Waals surface area contributed by atoms with E-state index >= 15 is 0 Å². The van der Waals surface area contributed by atoms with Crippen LogP contribution in [0.25, 0.3) is 0 Å². The van der Waals surface area contributed by atoms with Crippen LogP contribution >= 0.6 is 0 Å². The van der Waals surface area contributed by atoms with Crippen LogP contribution < -0.4 is 5.32 Å². The van der Waals surface area contributed by atoms with E-state index in [2.05, 4.69) is 20.4 Å². The van der Waals surface area contributed by atoms with Crippen LogP contribution in [0.3, 0.4) is 0 Å².